The molecule has 5 atom stereocenters. The number of hydrogen-bond donors (Lipinski definition) is 1. The highest BCUT2D eigenvalue weighted by atomic mass is 31.2. The van der Waals surface area contributed by atoms with E-state index in [4.69, 9.17) is 33.7 Å². The molecule has 0 unspecified atom stereocenters. The molecule has 1 saturated heterocycles. The van der Waals surface area contributed by atoms with Crippen LogP contribution >= 0.6 is 7.60 Å². The Kier molecular flexibility index (Phi) is 12.5. The maximum Gasteiger partial charge on any atom is 0.333 e. The third-order valence-corrected chi connectivity index (χ3v) is 8.98. The van der Waals surface area contributed by atoms with Gasteiger partial charge in [0.25, 0.3) is 0 Å². The fraction of sp³-hybridized carbons (Fsp3) is 0.438. The molecule has 8 nitrogen and oxygen atoms in total. The molecule has 0 saturated carbocycles. The predicted octanol–water partition coefficient (Wildman–Crippen LogP) is 5.73. The SMILES string of the molecule is CCOP(=O)(C[C@H]1O[C@H](COCc2ccccc2)[C@@H](OCc2ccccc2)[C@H](OCc2ccccc2)[C@@H]1N)OCC. The molecule has 222 valence electrons. The molecule has 1 aliphatic heterocycles. The highest BCUT2D eigenvalue weighted by molar-refractivity contribution is 7.53. The van der Waals surface area contributed by atoms with Gasteiger partial charge in [-0.1, -0.05) is 91.0 Å². The molecule has 1 heterocycles. The molecule has 2 N–H and O–H groups in total. The normalized spacial score (nSPS) is 23.0. The highest BCUT2D eigenvalue weighted by Crippen LogP contribution is 2.50. The first kappa shape index (κ1) is 31.5. The van der Waals surface area contributed by atoms with Crippen molar-refractivity contribution in [3.63, 3.8) is 0 Å². The zero-order valence-corrected chi connectivity index (χ0v) is 24.8. The van der Waals surface area contributed by atoms with E-state index in [1.165, 1.54) is 0 Å². The van der Waals surface area contributed by atoms with Gasteiger partial charge >= 0.3 is 7.60 Å². The number of nitrogens with two attached hydrogens (primary N) is 1. The van der Waals surface area contributed by atoms with Crippen molar-refractivity contribution in [1.82, 2.24) is 0 Å². The van der Waals surface area contributed by atoms with Gasteiger partial charge in [-0.3, -0.25) is 4.57 Å². The quantitative estimate of drug-likeness (QED) is 0.214. The van der Waals surface area contributed by atoms with Crippen LogP contribution in [-0.2, 0) is 52.4 Å². The highest BCUT2D eigenvalue weighted by Gasteiger charge is 2.48. The minimum absolute atomic E-state index is 0.00162. The summed E-state index contributed by atoms with van der Waals surface area (Å²) in [4.78, 5) is 0. The number of benzene rings is 3. The van der Waals surface area contributed by atoms with E-state index >= 15 is 0 Å². The van der Waals surface area contributed by atoms with E-state index in [-0.39, 0.29) is 26.0 Å². The number of ether oxygens (including phenoxy) is 4. The Morgan fingerprint density at radius 2 is 1.15 bits per heavy atom. The van der Waals surface area contributed by atoms with Gasteiger partial charge in [0.1, 0.15) is 18.3 Å². The molecular weight excluding hydrogens is 541 g/mol. The lowest BCUT2D eigenvalue weighted by molar-refractivity contribution is -0.224. The van der Waals surface area contributed by atoms with Gasteiger partial charge < -0.3 is 33.7 Å². The second-order valence-corrected chi connectivity index (χ2v) is 12.0. The van der Waals surface area contributed by atoms with Crippen LogP contribution in [0.2, 0.25) is 0 Å². The second-order valence-electron chi connectivity index (χ2n) is 9.94. The van der Waals surface area contributed by atoms with Gasteiger partial charge in [0, 0.05) is 0 Å². The Hall–Kier alpha value is -2.39. The summed E-state index contributed by atoms with van der Waals surface area (Å²) in [6.45, 7) is 5.40. The van der Waals surface area contributed by atoms with Gasteiger partial charge in [-0.15, -0.1) is 0 Å². The third-order valence-electron chi connectivity index (χ3n) is 6.87. The molecule has 9 heteroatoms. The molecule has 0 aromatic heterocycles. The van der Waals surface area contributed by atoms with Crippen LogP contribution in [0.15, 0.2) is 91.0 Å². The van der Waals surface area contributed by atoms with Crippen molar-refractivity contribution in [2.45, 2.75) is 64.1 Å². The van der Waals surface area contributed by atoms with Crippen LogP contribution < -0.4 is 5.73 Å². The van der Waals surface area contributed by atoms with E-state index in [1.807, 2.05) is 91.0 Å². The Morgan fingerprint density at radius 1 is 0.683 bits per heavy atom. The van der Waals surface area contributed by atoms with E-state index < -0.39 is 38.1 Å². The molecule has 0 bridgehead atoms. The number of rotatable bonds is 16. The van der Waals surface area contributed by atoms with Crippen LogP contribution in [0, 0.1) is 0 Å². The van der Waals surface area contributed by atoms with Crippen molar-refractivity contribution in [2.24, 2.45) is 5.73 Å². The first-order valence-electron chi connectivity index (χ1n) is 14.2. The Labute approximate surface area is 243 Å². The maximum absolute atomic E-state index is 13.5. The van der Waals surface area contributed by atoms with Crippen molar-refractivity contribution < 1.29 is 32.6 Å². The van der Waals surface area contributed by atoms with Crippen molar-refractivity contribution in [1.29, 1.82) is 0 Å². The van der Waals surface area contributed by atoms with Crippen molar-refractivity contribution in [3.8, 4) is 0 Å². The standard InChI is InChI=1S/C32H42NO7P/c1-3-38-41(34,39-4-2)24-29-30(33)32(37-22-27-18-12-7-13-19-27)31(36-21-26-16-10-6-11-17-26)28(40-29)23-35-20-25-14-8-5-9-15-25/h5-19,28-32H,3-4,20-24,33H2,1-2H3/t28-,29-,30-,31-,32-/m1/s1. The minimum atomic E-state index is -3.45. The molecule has 0 aliphatic carbocycles. The van der Waals surface area contributed by atoms with Crippen LogP contribution in [0.5, 0.6) is 0 Å². The van der Waals surface area contributed by atoms with Crippen LogP contribution in [0.4, 0.5) is 0 Å². The summed E-state index contributed by atoms with van der Waals surface area (Å²) in [5.74, 6) is 0. The smallest absolute Gasteiger partial charge is 0.333 e. The summed E-state index contributed by atoms with van der Waals surface area (Å²) in [6, 6.07) is 29.1. The fourth-order valence-corrected chi connectivity index (χ4v) is 6.74. The van der Waals surface area contributed by atoms with Crippen LogP contribution in [0.3, 0.4) is 0 Å². The van der Waals surface area contributed by atoms with Crippen molar-refractivity contribution in [2.75, 3.05) is 26.0 Å². The average Bonchev–Trinajstić information content (AvgIpc) is 2.99. The molecule has 4 rings (SSSR count). The van der Waals surface area contributed by atoms with E-state index in [1.54, 1.807) is 13.8 Å². The molecule has 3 aromatic rings. The van der Waals surface area contributed by atoms with E-state index in [0.717, 1.165) is 16.7 Å². The molecule has 1 aliphatic rings. The van der Waals surface area contributed by atoms with Crippen LogP contribution in [0.25, 0.3) is 0 Å². The van der Waals surface area contributed by atoms with Gasteiger partial charge in [-0.25, -0.2) is 0 Å². The fourth-order valence-electron chi connectivity index (χ4n) is 4.90. The molecule has 0 spiro atoms. The van der Waals surface area contributed by atoms with Gasteiger partial charge in [0.15, 0.2) is 0 Å². The summed E-state index contributed by atoms with van der Waals surface area (Å²) in [7, 11) is -3.45. The zero-order valence-electron chi connectivity index (χ0n) is 23.9. The summed E-state index contributed by atoms with van der Waals surface area (Å²) in [5, 5.41) is 0. The van der Waals surface area contributed by atoms with Crippen molar-refractivity contribution in [3.05, 3.63) is 108 Å². The molecule has 1 fully saturated rings. The largest absolute Gasteiger partial charge is 0.374 e. The number of hydrogen-bond acceptors (Lipinski definition) is 8. The second kappa shape index (κ2) is 16.3. The monoisotopic (exact) mass is 583 g/mol. The predicted molar refractivity (Wildman–Crippen MR) is 158 cm³/mol. The summed E-state index contributed by atoms with van der Waals surface area (Å²) in [6.07, 6.45) is -2.31. The van der Waals surface area contributed by atoms with Gasteiger partial charge in [0.2, 0.25) is 0 Å². The Morgan fingerprint density at radius 3 is 1.63 bits per heavy atom. The van der Waals surface area contributed by atoms with Gasteiger partial charge in [0.05, 0.1) is 57.9 Å². The minimum Gasteiger partial charge on any atom is -0.374 e. The third kappa shape index (κ3) is 9.57. The zero-order chi connectivity index (χ0) is 28.9. The van der Waals surface area contributed by atoms with E-state index in [2.05, 4.69) is 0 Å². The Balaban J connectivity index is 1.58. The lowest BCUT2D eigenvalue weighted by Gasteiger charge is -2.45. The maximum atomic E-state index is 13.5. The lowest BCUT2D eigenvalue weighted by atomic mass is 9.93. The van der Waals surface area contributed by atoms with E-state index in [0.29, 0.717) is 19.8 Å². The summed E-state index contributed by atoms with van der Waals surface area (Å²) in [5.41, 5.74) is 9.90. The van der Waals surface area contributed by atoms with E-state index in [9.17, 15) is 4.57 Å². The molecule has 41 heavy (non-hydrogen) atoms. The topological polar surface area (TPSA) is 98.5 Å². The molecule has 3 aromatic carbocycles. The lowest BCUT2D eigenvalue weighted by Crippen LogP contribution is -2.64. The van der Waals surface area contributed by atoms with Gasteiger partial charge in [-0.05, 0) is 30.5 Å². The Bertz CT molecular complexity index is 1170. The first-order valence-corrected chi connectivity index (χ1v) is 16.0. The van der Waals surface area contributed by atoms with Crippen LogP contribution in [-0.4, -0.2) is 56.4 Å². The van der Waals surface area contributed by atoms with Crippen molar-refractivity contribution >= 4 is 7.60 Å². The summed E-state index contributed by atoms with van der Waals surface area (Å²) < 4.78 is 50.3. The van der Waals surface area contributed by atoms with Crippen LogP contribution in [0.1, 0.15) is 30.5 Å². The molecule has 0 amide bonds. The average molecular weight is 584 g/mol. The molecule has 0 radical (unpaired) electrons. The summed E-state index contributed by atoms with van der Waals surface area (Å²) >= 11 is 0. The molecular formula is C32H42NO7P. The van der Waals surface area contributed by atoms with Gasteiger partial charge in [-0.2, -0.15) is 0 Å². The first-order chi connectivity index (χ1) is 20.0.